The van der Waals surface area contributed by atoms with Crippen LogP contribution in [0, 0.1) is 17.3 Å². The van der Waals surface area contributed by atoms with E-state index in [-0.39, 0.29) is 0 Å². The van der Waals surface area contributed by atoms with E-state index in [1.54, 1.807) is 0 Å². The maximum absolute atomic E-state index is 2.43. The van der Waals surface area contributed by atoms with Gasteiger partial charge in [-0.1, -0.05) is 40.5 Å². The summed E-state index contributed by atoms with van der Waals surface area (Å²) in [7, 11) is 0. The normalized spacial score (nSPS) is 29.2. The molecule has 0 amide bonds. The minimum absolute atomic E-state index is 0.637. The summed E-state index contributed by atoms with van der Waals surface area (Å²) in [6.45, 7) is 9.56. The maximum atomic E-state index is 2.43. The Hall–Kier alpha value is 0. The van der Waals surface area contributed by atoms with E-state index in [0.717, 1.165) is 11.8 Å². The molecule has 1 atom stereocenters. The van der Waals surface area contributed by atoms with Crippen molar-refractivity contribution in [1.82, 2.24) is 0 Å². The van der Waals surface area contributed by atoms with Crippen molar-refractivity contribution >= 4 is 0 Å². The fourth-order valence-electron chi connectivity index (χ4n) is 2.72. The molecule has 0 N–H and O–H groups in total. The zero-order valence-corrected chi connectivity index (χ0v) is 9.19. The van der Waals surface area contributed by atoms with Crippen LogP contribution in [0.5, 0.6) is 0 Å². The van der Waals surface area contributed by atoms with E-state index in [1.165, 1.54) is 32.1 Å². The zero-order chi connectivity index (χ0) is 9.19. The average molecular weight is 168 g/mol. The van der Waals surface area contributed by atoms with Gasteiger partial charge in [-0.15, -0.1) is 0 Å². The van der Waals surface area contributed by atoms with Crippen molar-refractivity contribution in [3.8, 4) is 0 Å². The first-order chi connectivity index (χ1) is 5.49. The first-order valence-electron chi connectivity index (χ1n) is 5.49. The molecule has 1 aliphatic carbocycles. The Balaban J connectivity index is 2.36. The lowest BCUT2D eigenvalue weighted by Crippen LogP contribution is -2.23. The van der Waals surface area contributed by atoms with Crippen molar-refractivity contribution in [3.05, 3.63) is 0 Å². The molecule has 0 aliphatic heterocycles. The summed E-state index contributed by atoms with van der Waals surface area (Å²) in [5, 5.41) is 0. The highest BCUT2D eigenvalue weighted by atomic mass is 14.3. The summed E-state index contributed by atoms with van der Waals surface area (Å²) >= 11 is 0. The topological polar surface area (TPSA) is 0 Å². The van der Waals surface area contributed by atoms with E-state index in [4.69, 9.17) is 0 Å². The van der Waals surface area contributed by atoms with Gasteiger partial charge in [0, 0.05) is 0 Å². The van der Waals surface area contributed by atoms with Crippen molar-refractivity contribution in [1.29, 1.82) is 0 Å². The molecule has 0 heteroatoms. The number of rotatable bonds is 2. The van der Waals surface area contributed by atoms with Gasteiger partial charge in [-0.3, -0.25) is 0 Å². The van der Waals surface area contributed by atoms with Crippen LogP contribution < -0.4 is 0 Å². The molecule has 72 valence electrons. The molecule has 0 unspecified atom stereocenters. The van der Waals surface area contributed by atoms with Gasteiger partial charge in [0.15, 0.2) is 0 Å². The molecule has 0 aromatic rings. The summed E-state index contributed by atoms with van der Waals surface area (Å²) in [4.78, 5) is 0. The third-order valence-electron chi connectivity index (χ3n) is 3.11. The van der Waals surface area contributed by atoms with E-state index < -0.39 is 0 Å². The van der Waals surface area contributed by atoms with Gasteiger partial charge in [-0.25, -0.2) is 0 Å². The van der Waals surface area contributed by atoms with Crippen molar-refractivity contribution in [2.24, 2.45) is 17.3 Å². The minimum Gasteiger partial charge on any atom is -0.0628 e. The highest BCUT2D eigenvalue weighted by Gasteiger charge is 2.27. The van der Waals surface area contributed by atoms with Gasteiger partial charge in [0.1, 0.15) is 0 Å². The Morgan fingerprint density at radius 1 is 1.33 bits per heavy atom. The molecule has 0 spiro atoms. The summed E-state index contributed by atoms with van der Waals surface area (Å²) < 4.78 is 0. The fourth-order valence-corrected chi connectivity index (χ4v) is 2.72. The third kappa shape index (κ3) is 3.16. The van der Waals surface area contributed by atoms with E-state index in [9.17, 15) is 0 Å². The van der Waals surface area contributed by atoms with Gasteiger partial charge in [0.05, 0.1) is 0 Å². The Morgan fingerprint density at radius 3 is 2.50 bits per heavy atom. The number of hydrogen-bond donors (Lipinski definition) is 0. The standard InChI is InChI=1S/C12H24/c1-10(2)8-11-6-5-7-12(3,4)9-11/h10-11H,5-9H2,1-4H3/t11-/m1/s1. The van der Waals surface area contributed by atoms with Gasteiger partial charge in [0.25, 0.3) is 0 Å². The van der Waals surface area contributed by atoms with E-state index >= 15 is 0 Å². The molecule has 0 aromatic carbocycles. The SMILES string of the molecule is CC(C)C[C@H]1CCCC(C)(C)C1. The highest BCUT2D eigenvalue weighted by molar-refractivity contribution is 4.79. The lowest BCUT2D eigenvalue weighted by molar-refractivity contribution is 0.163. The smallest absolute Gasteiger partial charge is 0.0352 e. The van der Waals surface area contributed by atoms with Gasteiger partial charge in [-0.2, -0.15) is 0 Å². The van der Waals surface area contributed by atoms with E-state index in [0.29, 0.717) is 5.41 Å². The second-order valence-electron chi connectivity index (χ2n) is 5.76. The molecule has 1 fully saturated rings. The zero-order valence-electron chi connectivity index (χ0n) is 9.19. The van der Waals surface area contributed by atoms with Crippen molar-refractivity contribution in [2.45, 2.75) is 59.8 Å². The first-order valence-corrected chi connectivity index (χ1v) is 5.49. The molecular formula is C12H24. The second-order valence-corrected chi connectivity index (χ2v) is 5.76. The molecule has 0 heterocycles. The van der Waals surface area contributed by atoms with E-state index in [1.807, 2.05) is 0 Å². The summed E-state index contributed by atoms with van der Waals surface area (Å²) in [6, 6.07) is 0. The maximum Gasteiger partial charge on any atom is -0.0352 e. The second kappa shape index (κ2) is 3.81. The van der Waals surface area contributed by atoms with Gasteiger partial charge >= 0.3 is 0 Å². The van der Waals surface area contributed by atoms with Crippen molar-refractivity contribution in [2.75, 3.05) is 0 Å². The molecule has 0 bridgehead atoms. The summed E-state index contributed by atoms with van der Waals surface area (Å²) in [6.07, 6.45) is 7.31. The predicted molar refractivity (Wildman–Crippen MR) is 55.2 cm³/mol. The van der Waals surface area contributed by atoms with Gasteiger partial charge in [-0.05, 0) is 36.5 Å². The molecular weight excluding hydrogens is 144 g/mol. The summed E-state index contributed by atoms with van der Waals surface area (Å²) in [5.41, 5.74) is 0.637. The largest absolute Gasteiger partial charge is 0.0628 e. The van der Waals surface area contributed by atoms with Crippen LogP contribution in [0.15, 0.2) is 0 Å². The molecule has 12 heavy (non-hydrogen) atoms. The van der Waals surface area contributed by atoms with Crippen molar-refractivity contribution < 1.29 is 0 Å². The van der Waals surface area contributed by atoms with Crippen LogP contribution in [0.25, 0.3) is 0 Å². The monoisotopic (exact) mass is 168 g/mol. The Labute approximate surface area is 77.7 Å². The molecule has 1 saturated carbocycles. The lowest BCUT2D eigenvalue weighted by atomic mass is 9.70. The van der Waals surface area contributed by atoms with Crippen LogP contribution in [-0.2, 0) is 0 Å². The minimum atomic E-state index is 0.637. The summed E-state index contributed by atoms with van der Waals surface area (Å²) in [5.74, 6) is 1.91. The van der Waals surface area contributed by atoms with Crippen LogP contribution in [0.1, 0.15) is 59.8 Å². The first kappa shape index (κ1) is 10.1. The average Bonchev–Trinajstić information content (AvgIpc) is 1.82. The Bertz CT molecular complexity index is 133. The molecule has 0 aromatic heterocycles. The molecule has 1 aliphatic rings. The van der Waals surface area contributed by atoms with Crippen LogP contribution in [-0.4, -0.2) is 0 Å². The molecule has 0 radical (unpaired) electrons. The number of hydrogen-bond acceptors (Lipinski definition) is 0. The van der Waals surface area contributed by atoms with Gasteiger partial charge < -0.3 is 0 Å². The Morgan fingerprint density at radius 2 is 2.00 bits per heavy atom. The predicted octanol–water partition coefficient (Wildman–Crippen LogP) is 4.25. The quantitative estimate of drug-likeness (QED) is 0.578. The van der Waals surface area contributed by atoms with E-state index in [2.05, 4.69) is 27.7 Å². The molecule has 0 saturated heterocycles. The van der Waals surface area contributed by atoms with Crippen LogP contribution in [0.2, 0.25) is 0 Å². The van der Waals surface area contributed by atoms with Gasteiger partial charge in [0.2, 0.25) is 0 Å². The van der Waals surface area contributed by atoms with Crippen molar-refractivity contribution in [3.63, 3.8) is 0 Å². The van der Waals surface area contributed by atoms with Crippen LogP contribution in [0.3, 0.4) is 0 Å². The van der Waals surface area contributed by atoms with Crippen LogP contribution in [0.4, 0.5) is 0 Å². The highest BCUT2D eigenvalue weighted by Crippen LogP contribution is 2.40. The fraction of sp³-hybridized carbons (Fsp3) is 1.00. The molecule has 0 nitrogen and oxygen atoms in total. The third-order valence-corrected chi connectivity index (χ3v) is 3.11. The van der Waals surface area contributed by atoms with Crippen LogP contribution >= 0.6 is 0 Å². The Kier molecular flexibility index (Phi) is 3.20. The molecule has 1 rings (SSSR count). The lowest BCUT2D eigenvalue weighted by Gasteiger charge is -2.36.